The van der Waals surface area contributed by atoms with Crippen molar-refractivity contribution in [2.24, 2.45) is 0 Å². The van der Waals surface area contributed by atoms with Gasteiger partial charge in [-0.2, -0.15) is 0 Å². The summed E-state index contributed by atoms with van der Waals surface area (Å²) in [6, 6.07) is 3.64. The van der Waals surface area contributed by atoms with E-state index in [1.807, 2.05) is 12.1 Å². The number of aliphatic carboxylic acids is 1. The molecule has 1 aromatic rings. The first kappa shape index (κ1) is 10.1. The van der Waals surface area contributed by atoms with E-state index in [0.29, 0.717) is 12.5 Å². The Morgan fingerprint density at radius 1 is 1.53 bits per heavy atom. The van der Waals surface area contributed by atoms with Crippen molar-refractivity contribution >= 4 is 5.97 Å². The number of hydrogen-bond acceptors (Lipinski definition) is 3. The van der Waals surface area contributed by atoms with E-state index < -0.39 is 12.0 Å². The van der Waals surface area contributed by atoms with Crippen molar-refractivity contribution < 1.29 is 9.90 Å². The Bertz CT molecular complexity index is 336. The van der Waals surface area contributed by atoms with E-state index >= 15 is 0 Å². The lowest BCUT2D eigenvalue weighted by molar-refractivity contribution is -0.139. The highest BCUT2D eigenvalue weighted by Crippen LogP contribution is 2.20. The van der Waals surface area contributed by atoms with Crippen molar-refractivity contribution in [1.29, 1.82) is 0 Å². The van der Waals surface area contributed by atoms with Crippen molar-refractivity contribution in [2.45, 2.75) is 31.3 Å². The summed E-state index contributed by atoms with van der Waals surface area (Å²) in [7, 11) is 0. The number of hydrogen-bond donors (Lipinski definition) is 2. The van der Waals surface area contributed by atoms with Crippen molar-refractivity contribution in [2.75, 3.05) is 0 Å². The third-order valence-electron chi connectivity index (χ3n) is 2.50. The van der Waals surface area contributed by atoms with Crippen molar-refractivity contribution in [3.63, 3.8) is 0 Å². The van der Waals surface area contributed by atoms with Crippen LogP contribution in [0.15, 0.2) is 24.5 Å². The molecular weight excluding hydrogens is 192 g/mol. The molecule has 4 nitrogen and oxygen atoms in total. The van der Waals surface area contributed by atoms with Crippen LogP contribution in [-0.4, -0.2) is 28.1 Å². The zero-order chi connectivity index (χ0) is 10.7. The lowest BCUT2D eigenvalue weighted by atomic mass is 10.1. The van der Waals surface area contributed by atoms with Gasteiger partial charge in [0.05, 0.1) is 0 Å². The first-order chi connectivity index (χ1) is 7.25. The molecule has 1 aliphatic rings. The number of pyridine rings is 1. The summed E-state index contributed by atoms with van der Waals surface area (Å²) in [5.41, 5.74) is 1.01. The van der Waals surface area contributed by atoms with Crippen LogP contribution in [-0.2, 0) is 11.2 Å². The molecule has 0 bridgehead atoms. The maximum atomic E-state index is 11.0. The van der Waals surface area contributed by atoms with Crippen LogP contribution in [0.2, 0.25) is 0 Å². The molecule has 1 atom stereocenters. The molecule has 2 rings (SSSR count). The lowest BCUT2D eigenvalue weighted by Crippen LogP contribution is -2.39. The fourth-order valence-electron chi connectivity index (χ4n) is 1.51. The van der Waals surface area contributed by atoms with Crippen LogP contribution in [0.4, 0.5) is 0 Å². The summed E-state index contributed by atoms with van der Waals surface area (Å²) < 4.78 is 0. The molecule has 0 saturated heterocycles. The molecule has 0 radical (unpaired) electrons. The van der Waals surface area contributed by atoms with Gasteiger partial charge in [0.25, 0.3) is 0 Å². The van der Waals surface area contributed by atoms with Crippen LogP contribution in [0.1, 0.15) is 18.4 Å². The van der Waals surface area contributed by atoms with E-state index in [9.17, 15) is 4.79 Å². The van der Waals surface area contributed by atoms with Gasteiger partial charge in [0.15, 0.2) is 0 Å². The number of carboxylic acid groups (broad SMARTS) is 1. The SMILES string of the molecule is O=C(O)C(Cc1ccncc1)NC1CC1. The van der Waals surface area contributed by atoms with Crippen LogP contribution >= 0.6 is 0 Å². The Hall–Kier alpha value is -1.42. The van der Waals surface area contributed by atoms with Crippen molar-refractivity contribution in [3.05, 3.63) is 30.1 Å². The minimum absolute atomic E-state index is 0.410. The summed E-state index contributed by atoms with van der Waals surface area (Å²) in [6.07, 6.45) is 6.09. The van der Waals surface area contributed by atoms with Gasteiger partial charge >= 0.3 is 5.97 Å². The molecule has 80 valence electrons. The molecule has 1 aliphatic carbocycles. The Morgan fingerprint density at radius 3 is 2.73 bits per heavy atom. The molecular formula is C11H14N2O2. The fourth-order valence-corrected chi connectivity index (χ4v) is 1.51. The van der Waals surface area contributed by atoms with Crippen LogP contribution in [0.3, 0.4) is 0 Å². The largest absolute Gasteiger partial charge is 0.480 e. The highest BCUT2D eigenvalue weighted by atomic mass is 16.4. The zero-order valence-corrected chi connectivity index (χ0v) is 8.39. The Kier molecular flexibility index (Phi) is 2.97. The fraction of sp³-hybridized carbons (Fsp3) is 0.455. The van der Waals surface area contributed by atoms with Gasteiger partial charge in [-0.15, -0.1) is 0 Å². The van der Waals surface area contributed by atoms with E-state index in [-0.39, 0.29) is 0 Å². The molecule has 1 heterocycles. The molecule has 0 spiro atoms. The van der Waals surface area contributed by atoms with Crippen LogP contribution in [0.5, 0.6) is 0 Å². The third-order valence-corrected chi connectivity index (χ3v) is 2.50. The summed E-state index contributed by atoms with van der Waals surface area (Å²) in [4.78, 5) is 14.9. The molecule has 2 N–H and O–H groups in total. The zero-order valence-electron chi connectivity index (χ0n) is 8.39. The van der Waals surface area contributed by atoms with Crippen LogP contribution in [0, 0.1) is 0 Å². The predicted molar refractivity (Wildman–Crippen MR) is 55.5 cm³/mol. The predicted octanol–water partition coefficient (Wildman–Crippen LogP) is 0.829. The van der Waals surface area contributed by atoms with Gasteiger partial charge in [0.2, 0.25) is 0 Å². The number of carbonyl (C=O) groups is 1. The standard InChI is InChI=1S/C11H14N2O2/c14-11(15)10(13-9-1-2-9)7-8-3-5-12-6-4-8/h3-6,9-10,13H,1-2,7H2,(H,14,15). The normalized spacial score (nSPS) is 17.3. The summed E-state index contributed by atoms with van der Waals surface area (Å²) in [5.74, 6) is -0.779. The van der Waals surface area contributed by atoms with Crippen molar-refractivity contribution in [3.8, 4) is 0 Å². The molecule has 4 heteroatoms. The van der Waals surface area contributed by atoms with Crippen LogP contribution < -0.4 is 5.32 Å². The summed E-state index contributed by atoms with van der Waals surface area (Å²) in [5, 5.41) is 12.2. The van der Waals surface area contributed by atoms with E-state index in [1.54, 1.807) is 12.4 Å². The van der Waals surface area contributed by atoms with Gasteiger partial charge in [0.1, 0.15) is 6.04 Å². The van der Waals surface area contributed by atoms with Crippen molar-refractivity contribution in [1.82, 2.24) is 10.3 Å². The van der Waals surface area contributed by atoms with Crippen LogP contribution in [0.25, 0.3) is 0 Å². The van der Waals surface area contributed by atoms with Gasteiger partial charge in [-0.1, -0.05) is 0 Å². The molecule has 0 aliphatic heterocycles. The topological polar surface area (TPSA) is 62.2 Å². The first-order valence-corrected chi connectivity index (χ1v) is 5.13. The van der Waals surface area contributed by atoms with E-state index in [2.05, 4.69) is 10.3 Å². The minimum Gasteiger partial charge on any atom is -0.480 e. The maximum Gasteiger partial charge on any atom is 0.321 e. The highest BCUT2D eigenvalue weighted by molar-refractivity contribution is 5.74. The van der Waals surface area contributed by atoms with Gasteiger partial charge in [-0.3, -0.25) is 9.78 Å². The van der Waals surface area contributed by atoms with E-state index in [1.165, 1.54) is 0 Å². The summed E-state index contributed by atoms with van der Waals surface area (Å²) >= 11 is 0. The van der Waals surface area contributed by atoms with Gasteiger partial charge in [-0.05, 0) is 37.0 Å². The second kappa shape index (κ2) is 4.40. The number of rotatable bonds is 5. The average molecular weight is 206 g/mol. The first-order valence-electron chi connectivity index (χ1n) is 5.13. The quantitative estimate of drug-likeness (QED) is 0.749. The summed E-state index contributed by atoms with van der Waals surface area (Å²) in [6.45, 7) is 0. The molecule has 1 aromatic heterocycles. The molecule has 15 heavy (non-hydrogen) atoms. The molecule has 1 unspecified atom stereocenters. The van der Waals surface area contributed by atoms with E-state index in [0.717, 1.165) is 18.4 Å². The molecule has 1 saturated carbocycles. The number of carboxylic acids is 1. The molecule has 0 aromatic carbocycles. The maximum absolute atomic E-state index is 11.0. The second-order valence-electron chi connectivity index (χ2n) is 3.89. The third kappa shape index (κ3) is 3.02. The second-order valence-corrected chi connectivity index (χ2v) is 3.89. The number of nitrogens with zero attached hydrogens (tertiary/aromatic N) is 1. The lowest BCUT2D eigenvalue weighted by Gasteiger charge is -2.13. The average Bonchev–Trinajstić information content (AvgIpc) is 3.02. The molecule has 0 amide bonds. The van der Waals surface area contributed by atoms with Gasteiger partial charge in [-0.25, -0.2) is 0 Å². The van der Waals surface area contributed by atoms with E-state index in [4.69, 9.17) is 5.11 Å². The van der Waals surface area contributed by atoms with Gasteiger partial charge < -0.3 is 10.4 Å². The Labute approximate surface area is 88.3 Å². The van der Waals surface area contributed by atoms with Gasteiger partial charge in [0, 0.05) is 18.4 Å². The Balaban J connectivity index is 1.96. The molecule has 1 fully saturated rings. The number of aromatic nitrogens is 1. The Morgan fingerprint density at radius 2 is 2.20 bits per heavy atom. The highest BCUT2D eigenvalue weighted by Gasteiger charge is 2.28. The minimum atomic E-state index is -0.779. The smallest absolute Gasteiger partial charge is 0.321 e. The monoisotopic (exact) mass is 206 g/mol. The number of nitrogens with one attached hydrogen (secondary N) is 1.